The number of alkyl halides is 6. The van der Waals surface area contributed by atoms with E-state index >= 15 is 0 Å². The number of nitrogens with zero attached hydrogens (tertiary/aromatic N) is 1. The number of thiocarbonyl (C=S) groups is 1. The SMILES string of the molecule is Cc1nc(C(N)=O)c(-c2ccc(NC(=S)Nc3cc(C(F)(F)F)cc(C(F)(F)F)c3)cc2)s1. The Morgan fingerprint density at radius 2 is 1.45 bits per heavy atom. The third-order valence-electron chi connectivity index (χ3n) is 4.22. The number of anilines is 2. The van der Waals surface area contributed by atoms with Crippen LogP contribution in [0.1, 0.15) is 26.6 Å². The molecule has 0 spiro atoms. The molecule has 0 fully saturated rings. The van der Waals surface area contributed by atoms with Gasteiger partial charge < -0.3 is 16.4 Å². The number of rotatable bonds is 4. The fourth-order valence-corrected chi connectivity index (χ4v) is 3.98. The van der Waals surface area contributed by atoms with Crippen LogP contribution in [0.15, 0.2) is 42.5 Å². The molecule has 0 unspecified atom stereocenters. The molecule has 3 rings (SSSR count). The van der Waals surface area contributed by atoms with Gasteiger partial charge in [0.25, 0.3) is 5.91 Å². The predicted octanol–water partition coefficient (Wildman–Crippen LogP) is 6.06. The molecule has 0 aliphatic rings. The molecule has 0 saturated carbocycles. The highest BCUT2D eigenvalue weighted by Gasteiger charge is 2.37. The van der Waals surface area contributed by atoms with Crippen molar-refractivity contribution in [2.24, 2.45) is 5.73 Å². The quantitative estimate of drug-likeness (QED) is 0.297. The molecule has 33 heavy (non-hydrogen) atoms. The number of nitrogens with two attached hydrogens (primary N) is 1. The third-order valence-corrected chi connectivity index (χ3v) is 5.44. The van der Waals surface area contributed by atoms with Gasteiger partial charge in [-0.05, 0) is 55.0 Å². The zero-order valence-electron chi connectivity index (χ0n) is 16.6. The van der Waals surface area contributed by atoms with E-state index in [4.69, 9.17) is 18.0 Å². The molecular formula is C20H14F6N4OS2. The second-order valence-corrected chi connectivity index (χ2v) is 8.34. The fourth-order valence-electron chi connectivity index (χ4n) is 2.82. The van der Waals surface area contributed by atoms with Gasteiger partial charge in [0.05, 0.1) is 21.0 Å². The summed E-state index contributed by atoms with van der Waals surface area (Å²) in [5, 5.41) is 5.45. The van der Waals surface area contributed by atoms with Crippen LogP contribution in [0, 0.1) is 6.92 Å². The summed E-state index contributed by atoms with van der Waals surface area (Å²) in [6.07, 6.45) is -9.94. The highest BCUT2D eigenvalue weighted by molar-refractivity contribution is 7.80. The normalized spacial score (nSPS) is 11.8. The average Bonchev–Trinajstić information content (AvgIpc) is 3.09. The Morgan fingerprint density at radius 3 is 1.94 bits per heavy atom. The van der Waals surface area contributed by atoms with E-state index in [0.29, 0.717) is 33.3 Å². The molecule has 5 nitrogen and oxygen atoms in total. The van der Waals surface area contributed by atoms with Gasteiger partial charge in [0.15, 0.2) is 5.11 Å². The van der Waals surface area contributed by atoms with E-state index in [-0.39, 0.29) is 16.9 Å². The largest absolute Gasteiger partial charge is 0.416 e. The monoisotopic (exact) mass is 504 g/mol. The molecule has 3 aromatic rings. The third kappa shape index (κ3) is 5.99. The molecule has 0 saturated heterocycles. The first-order valence-electron chi connectivity index (χ1n) is 8.99. The Balaban J connectivity index is 1.78. The van der Waals surface area contributed by atoms with Crippen molar-refractivity contribution >= 4 is 45.9 Å². The highest BCUT2D eigenvalue weighted by Crippen LogP contribution is 2.37. The topological polar surface area (TPSA) is 80.0 Å². The van der Waals surface area contributed by atoms with Crippen molar-refractivity contribution in [3.8, 4) is 10.4 Å². The van der Waals surface area contributed by atoms with E-state index in [0.717, 1.165) is 0 Å². The first-order chi connectivity index (χ1) is 15.2. The van der Waals surface area contributed by atoms with Crippen LogP contribution < -0.4 is 16.4 Å². The number of amides is 1. The lowest BCUT2D eigenvalue weighted by molar-refractivity contribution is -0.143. The number of carbonyl (C=O) groups excluding carboxylic acids is 1. The van der Waals surface area contributed by atoms with Gasteiger partial charge in [-0.15, -0.1) is 11.3 Å². The van der Waals surface area contributed by atoms with Crippen molar-refractivity contribution in [3.05, 3.63) is 64.3 Å². The minimum atomic E-state index is -4.97. The van der Waals surface area contributed by atoms with Crippen molar-refractivity contribution in [2.45, 2.75) is 19.3 Å². The Labute approximate surface area is 192 Å². The number of hydrogen-bond donors (Lipinski definition) is 3. The number of hydrogen-bond acceptors (Lipinski definition) is 4. The fraction of sp³-hybridized carbons (Fsp3) is 0.150. The molecule has 4 N–H and O–H groups in total. The number of carbonyl (C=O) groups is 1. The van der Waals surface area contributed by atoms with E-state index in [1.165, 1.54) is 11.3 Å². The zero-order chi connectivity index (χ0) is 24.6. The van der Waals surface area contributed by atoms with Crippen molar-refractivity contribution in [2.75, 3.05) is 10.6 Å². The van der Waals surface area contributed by atoms with Gasteiger partial charge in [-0.2, -0.15) is 26.3 Å². The minimum absolute atomic E-state index is 0.0296. The lowest BCUT2D eigenvalue weighted by Crippen LogP contribution is -2.20. The first kappa shape index (κ1) is 24.5. The number of benzene rings is 2. The van der Waals surface area contributed by atoms with Crippen LogP contribution >= 0.6 is 23.6 Å². The van der Waals surface area contributed by atoms with Crippen LogP contribution in [-0.4, -0.2) is 16.0 Å². The zero-order valence-corrected chi connectivity index (χ0v) is 18.2. The van der Waals surface area contributed by atoms with Crippen molar-refractivity contribution in [1.82, 2.24) is 4.98 Å². The minimum Gasteiger partial charge on any atom is -0.364 e. The van der Waals surface area contributed by atoms with Gasteiger partial charge in [-0.3, -0.25) is 4.79 Å². The summed E-state index contributed by atoms with van der Waals surface area (Å²) in [4.78, 5) is 16.2. The van der Waals surface area contributed by atoms with Gasteiger partial charge in [-0.1, -0.05) is 12.1 Å². The number of nitrogens with one attached hydrogen (secondary N) is 2. The van der Waals surface area contributed by atoms with E-state index < -0.39 is 35.1 Å². The van der Waals surface area contributed by atoms with E-state index in [9.17, 15) is 31.1 Å². The smallest absolute Gasteiger partial charge is 0.364 e. The van der Waals surface area contributed by atoms with Crippen LogP contribution in [0.5, 0.6) is 0 Å². The van der Waals surface area contributed by atoms with Crippen molar-refractivity contribution in [3.63, 3.8) is 0 Å². The van der Waals surface area contributed by atoms with Gasteiger partial charge in [0, 0.05) is 11.4 Å². The van der Waals surface area contributed by atoms with Crippen LogP contribution in [0.4, 0.5) is 37.7 Å². The lowest BCUT2D eigenvalue weighted by atomic mass is 10.1. The molecule has 13 heteroatoms. The van der Waals surface area contributed by atoms with Crippen LogP contribution in [0.2, 0.25) is 0 Å². The Kier molecular flexibility index (Phi) is 6.65. The standard InChI is InChI=1S/C20H14F6N4OS2/c1-9-28-15(17(27)31)16(33-9)10-2-4-13(5-3-10)29-18(32)30-14-7-11(19(21,22)23)6-12(8-14)20(24,25)26/h2-8H,1H3,(H2,27,31)(H2,29,30,32). The van der Waals surface area contributed by atoms with Crippen molar-refractivity contribution in [1.29, 1.82) is 0 Å². The molecule has 0 aliphatic heterocycles. The molecule has 0 aliphatic carbocycles. The molecule has 174 valence electrons. The van der Waals surface area contributed by atoms with E-state index in [1.807, 2.05) is 0 Å². The number of aryl methyl sites for hydroxylation is 1. The summed E-state index contributed by atoms with van der Waals surface area (Å²) in [6.45, 7) is 1.72. The Hall–Kier alpha value is -3.19. The summed E-state index contributed by atoms with van der Waals surface area (Å²) in [6, 6.07) is 7.50. The van der Waals surface area contributed by atoms with Crippen molar-refractivity contribution < 1.29 is 31.1 Å². The maximum absolute atomic E-state index is 13.0. The molecule has 1 amide bonds. The summed E-state index contributed by atoms with van der Waals surface area (Å²) < 4.78 is 78.0. The summed E-state index contributed by atoms with van der Waals surface area (Å²) >= 11 is 6.29. The summed E-state index contributed by atoms with van der Waals surface area (Å²) in [5.41, 5.74) is 3.11. The molecular weight excluding hydrogens is 490 g/mol. The second kappa shape index (κ2) is 8.98. The van der Waals surface area contributed by atoms with Gasteiger partial charge in [0.1, 0.15) is 5.69 Å². The first-order valence-corrected chi connectivity index (χ1v) is 10.2. The van der Waals surface area contributed by atoms with Gasteiger partial charge in [0.2, 0.25) is 0 Å². The predicted molar refractivity (Wildman–Crippen MR) is 117 cm³/mol. The number of primary amides is 1. The molecule has 2 aromatic carbocycles. The average molecular weight is 504 g/mol. The van der Waals surface area contributed by atoms with Gasteiger partial charge >= 0.3 is 12.4 Å². The number of halogens is 6. The highest BCUT2D eigenvalue weighted by atomic mass is 32.1. The number of thiazole rings is 1. The Morgan fingerprint density at radius 1 is 0.939 bits per heavy atom. The molecule has 0 atom stereocenters. The molecule has 0 bridgehead atoms. The molecule has 1 heterocycles. The second-order valence-electron chi connectivity index (χ2n) is 6.73. The van der Waals surface area contributed by atoms with Gasteiger partial charge in [-0.25, -0.2) is 4.98 Å². The maximum atomic E-state index is 13.0. The number of aromatic nitrogens is 1. The lowest BCUT2D eigenvalue weighted by Gasteiger charge is -2.16. The summed E-state index contributed by atoms with van der Waals surface area (Å²) in [5.74, 6) is -0.679. The van der Waals surface area contributed by atoms with Crippen LogP contribution in [-0.2, 0) is 12.4 Å². The summed E-state index contributed by atoms with van der Waals surface area (Å²) in [7, 11) is 0. The Bertz CT molecular complexity index is 1170. The van der Waals surface area contributed by atoms with E-state index in [1.54, 1.807) is 31.2 Å². The van der Waals surface area contributed by atoms with E-state index in [2.05, 4.69) is 15.6 Å². The molecule has 1 aromatic heterocycles. The molecule has 0 radical (unpaired) electrons. The van der Waals surface area contributed by atoms with Crippen LogP contribution in [0.3, 0.4) is 0 Å². The maximum Gasteiger partial charge on any atom is 0.416 e. The van der Waals surface area contributed by atoms with Crippen LogP contribution in [0.25, 0.3) is 10.4 Å².